The van der Waals surface area contributed by atoms with E-state index in [1.165, 1.54) is 66.0 Å². The average Bonchev–Trinajstić information content (AvgIpc) is 4.04. The molecule has 0 saturated carbocycles. The lowest BCUT2D eigenvalue weighted by molar-refractivity contribution is 0.660. The van der Waals surface area contributed by atoms with Gasteiger partial charge in [0.1, 0.15) is 11.2 Å². The molecule has 2 heterocycles. The molecule has 70 heavy (non-hydrogen) atoms. The Morgan fingerprint density at radius 2 is 1.00 bits per heavy atom. The van der Waals surface area contributed by atoms with Gasteiger partial charge in [0.25, 0.3) is 0 Å². The van der Waals surface area contributed by atoms with Gasteiger partial charge in [-0.3, -0.25) is 0 Å². The van der Waals surface area contributed by atoms with Crippen molar-refractivity contribution in [3.05, 3.63) is 254 Å². The van der Waals surface area contributed by atoms with Crippen LogP contribution in [0.25, 0.3) is 105 Å². The lowest BCUT2D eigenvalue weighted by Gasteiger charge is -2.30. The van der Waals surface area contributed by atoms with Gasteiger partial charge in [0, 0.05) is 49.5 Å². The summed E-state index contributed by atoms with van der Waals surface area (Å²) in [5, 5.41) is 7.05. The molecule has 11 aromatic carbocycles. The van der Waals surface area contributed by atoms with E-state index < -0.39 is 0 Å². The Morgan fingerprint density at radius 1 is 0.386 bits per heavy atom. The zero-order valence-electron chi connectivity index (χ0n) is 38.9. The van der Waals surface area contributed by atoms with Gasteiger partial charge >= 0.3 is 0 Å². The maximum atomic E-state index is 7.09. The fourth-order valence-corrected chi connectivity index (χ4v) is 11.7. The average molecular weight is 895 g/mol. The van der Waals surface area contributed by atoms with Crippen molar-refractivity contribution in [2.75, 3.05) is 4.90 Å². The van der Waals surface area contributed by atoms with Gasteiger partial charge < -0.3 is 13.9 Å². The maximum absolute atomic E-state index is 7.09. The summed E-state index contributed by atoms with van der Waals surface area (Å²) in [6.07, 6.45) is 0. The molecule has 1 aliphatic rings. The Balaban J connectivity index is 1.04. The minimum atomic E-state index is -0.117. The molecule has 2 aromatic heterocycles. The maximum Gasteiger partial charge on any atom is 0.145 e. The SMILES string of the molecule is CC1(C)c2ccccc2-c2ccc(-c3cccc(N(c4ccccc4-c4cccc5ccccc45)c4ccc5c(oc6ccccc65)c4-c4cccc(-n5c6ccccc6c6ccccc65)c4)c3)cc21. The van der Waals surface area contributed by atoms with E-state index in [4.69, 9.17) is 4.42 Å². The molecule has 0 radical (unpaired) electrons. The molecule has 0 atom stereocenters. The molecule has 13 aromatic rings. The highest BCUT2D eigenvalue weighted by molar-refractivity contribution is 6.14. The first kappa shape index (κ1) is 40.2. The molecule has 14 rings (SSSR count). The molecule has 3 heteroatoms. The van der Waals surface area contributed by atoms with Crippen LogP contribution in [0, 0.1) is 0 Å². The van der Waals surface area contributed by atoms with Crippen LogP contribution in [0.3, 0.4) is 0 Å². The molecule has 330 valence electrons. The van der Waals surface area contributed by atoms with E-state index in [-0.39, 0.29) is 5.41 Å². The largest absolute Gasteiger partial charge is 0.455 e. The van der Waals surface area contributed by atoms with Gasteiger partial charge in [0.05, 0.1) is 22.4 Å². The fourth-order valence-electron chi connectivity index (χ4n) is 11.7. The van der Waals surface area contributed by atoms with Crippen LogP contribution in [0.15, 0.2) is 247 Å². The topological polar surface area (TPSA) is 21.3 Å². The van der Waals surface area contributed by atoms with E-state index >= 15 is 0 Å². The number of fused-ring (bicyclic) bond motifs is 10. The summed E-state index contributed by atoms with van der Waals surface area (Å²) in [5.74, 6) is 0. The number of aromatic nitrogens is 1. The van der Waals surface area contributed by atoms with Crippen LogP contribution >= 0.6 is 0 Å². The van der Waals surface area contributed by atoms with Crippen molar-refractivity contribution in [1.82, 2.24) is 4.57 Å². The van der Waals surface area contributed by atoms with Crippen molar-refractivity contribution < 1.29 is 4.42 Å². The van der Waals surface area contributed by atoms with E-state index in [9.17, 15) is 0 Å². The molecule has 0 saturated heterocycles. The van der Waals surface area contributed by atoms with E-state index in [0.717, 1.165) is 66.9 Å². The first-order valence-electron chi connectivity index (χ1n) is 24.2. The van der Waals surface area contributed by atoms with E-state index in [1.807, 2.05) is 0 Å². The van der Waals surface area contributed by atoms with Crippen molar-refractivity contribution in [3.8, 4) is 50.2 Å². The minimum Gasteiger partial charge on any atom is -0.455 e. The Hall–Kier alpha value is -8.92. The third kappa shape index (κ3) is 6.08. The highest BCUT2D eigenvalue weighted by atomic mass is 16.3. The number of nitrogens with zero attached hydrogens (tertiary/aromatic N) is 2. The Bertz CT molecular complexity index is 4180. The molecule has 0 N–H and O–H groups in total. The van der Waals surface area contributed by atoms with Gasteiger partial charge in [-0.1, -0.05) is 190 Å². The summed E-state index contributed by atoms with van der Waals surface area (Å²) in [5.41, 5.74) is 20.3. The van der Waals surface area contributed by atoms with Gasteiger partial charge in [-0.25, -0.2) is 0 Å². The van der Waals surface area contributed by atoms with Crippen molar-refractivity contribution >= 4 is 71.6 Å². The monoisotopic (exact) mass is 894 g/mol. The predicted molar refractivity (Wildman–Crippen MR) is 294 cm³/mol. The van der Waals surface area contributed by atoms with Gasteiger partial charge in [-0.05, 0) is 122 Å². The first-order valence-corrected chi connectivity index (χ1v) is 24.2. The van der Waals surface area contributed by atoms with Gasteiger partial charge in [-0.2, -0.15) is 0 Å². The van der Waals surface area contributed by atoms with E-state index in [1.54, 1.807) is 0 Å². The van der Waals surface area contributed by atoms with E-state index in [0.29, 0.717) is 0 Å². The van der Waals surface area contributed by atoms with Gasteiger partial charge in [0.2, 0.25) is 0 Å². The second-order valence-electron chi connectivity index (χ2n) is 19.2. The molecule has 0 unspecified atom stereocenters. The standard InChI is InChI=1S/C67H46N2O/c1-67(2)58-31-10-5-25-51(58)52-37-36-45(42-59(52)67)44-20-15-22-47(40-44)69(60-32-11-6-26-53(60)50-30-17-19-43-18-3-4-24-49(43)50)63-39-38-57-56-29-9-14-35-64(56)70-66(57)65(63)46-21-16-23-48(41-46)68-61-33-12-7-27-54(61)55-28-8-13-34-62(55)68/h3-42H,1-2H3. The van der Waals surface area contributed by atoms with Crippen LogP contribution in [0.2, 0.25) is 0 Å². The number of anilines is 3. The highest BCUT2D eigenvalue weighted by Crippen LogP contribution is 2.52. The quantitative estimate of drug-likeness (QED) is 0.159. The number of hydrogen-bond donors (Lipinski definition) is 0. The Kier molecular flexibility index (Phi) is 8.93. The van der Waals surface area contributed by atoms with Crippen LogP contribution in [-0.4, -0.2) is 4.57 Å². The summed E-state index contributed by atoms with van der Waals surface area (Å²) in [6, 6.07) is 88.8. The molecule has 0 bridgehead atoms. The third-order valence-electron chi connectivity index (χ3n) is 15.0. The van der Waals surface area contributed by atoms with Crippen LogP contribution in [0.4, 0.5) is 17.1 Å². The van der Waals surface area contributed by atoms with E-state index in [2.05, 4.69) is 266 Å². The van der Waals surface area contributed by atoms with Crippen LogP contribution < -0.4 is 4.90 Å². The lowest BCUT2D eigenvalue weighted by atomic mass is 9.81. The summed E-state index contributed by atoms with van der Waals surface area (Å²) < 4.78 is 9.50. The number of rotatable bonds is 7. The smallest absolute Gasteiger partial charge is 0.145 e. The second-order valence-corrected chi connectivity index (χ2v) is 19.2. The predicted octanol–water partition coefficient (Wildman–Crippen LogP) is 18.6. The molecular formula is C67H46N2O. The highest BCUT2D eigenvalue weighted by Gasteiger charge is 2.35. The molecule has 1 aliphatic carbocycles. The summed E-state index contributed by atoms with van der Waals surface area (Å²) in [4.78, 5) is 2.48. The van der Waals surface area contributed by atoms with Crippen molar-refractivity contribution in [1.29, 1.82) is 0 Å². The van der Waals surface area contributed by atoms with Crippen molar-refractivity contribution in [2.45, 2.75) is 19.3 Å². The lowest BCUT2D eigenvalue weighted by Crippen LogP contribution is -2.15. The minimum absolute atomic E-state index is 0.117. The van der Waals surface area contributed by atoms with Crippen LogP contribution in [-0.2, 0) is 5.41 Å². The summed E-state index contributed by atoms with van der Waals surface area (Å²) in [6.45, 7) is 4.71. The second kappa shape index (κ2) is 15.6. The molecule has 0 fully saturated rings. The number of benzene rings is 11. The molecular weight excluding hydrogens is 849 g/mol. The molecule has 0 amide bonds. The van der Waals surface area contributed by atoms with Crippen molar-refractivity contribution in [3.63, 3.8) is 0 Å². The zero-order chi connectivity index (χ0) is 46.5. The van der Waals surface area contributed by atoms with Crippen LogP contribution in [0.5, 0.6) is 0 Å². The molecule has 0 spiro atoms. The normalized spacial score (nSPS) is 12.8. The first-order chi connectivity index (χ1) is 34.5. The third-order valence-corrected chi connectivity index (χ3v) is 15.0. The Morgan fingerprint density at radius 3 is 1.84 bits per heavy atom. The zero-order valence-corrected chi connectivity index (χ0v) is 38.9. The molecule has 0 aliphatic heterocycles. The van der Waals surface area contributed by atoms with Crippen molar-refractivity contribution in [2.24, 2.45) is 0 Å². The molecule has 3 nitrogen and oxygen atoms in total. The number of furan rings is 1. The van der Waals surface area contributed by atoms with Gasteiger partial charge in [0.15, 0.2) is 0 Å². The summed E-state index contributed by atoms with van der Waals surface area (Å²) >= 11 is 0. The number of hydrogen-bond acceptors (Lipinski definition) is 2. The Labute approximate surface area is 406 Å². The fraction of sp³-hybridized carbons (Fsp3) is 0.0448. The van der Waals surface area contributed by atoms with Gasteiger partial charge in [-0.15, -0.1) is 0 Å². The van der Waals surface area contributed by atoms with Crippen LogP contribution in [0.1, 0.15) is 25.0 Å². The number of para-hydroxylation sites is 4. The summed E-state index contributed by atoms with van der Waals surface area (Å²) in [7, 11) is 0.